The first kappa shape index (κ1) is 14.4. The van der Waals surface area contributed by atoms with Gasteiger partial charge in [0.1, 0.15) is 23.5 Å². The molecule has 1 heterocycles. The monoisotopic (exact) mass is 300 g/mol. The summed E-state index contributed by atoms with van der Waals surface area (Å²) in [5, 5.41) is 10.9. The maximum absolute atomic E-state index is 12.8. The van der Waals surface area contributed by atoms with Gasteiger partial charge in [0, 0.05) is 6.54 Å². The van der Waals surface area contributed by atoms with Gasteiger partial charge in [-0.1, -0.05) is 12.1 Å². The Balaban J connectivity index is 1.53. The van der Waals surface area contributed by atoms with E-state index in [1.165, 1.54) is 24.8 Å². The van der Waals surface area contributed by atoms with Crippen LogP contribution in [0.15, 0.2) is 36.7 Å². The maximum atomic E-state index is 12.8. The van der Waals surface area contributed by atoms with E-state index in [4.69, 9.17) is 10.1 Å². The predicted octanol–water partition coefficient (Wildman–Crippen LogP) is 2.66. The van der Waals surface area contributed by atoms with E-state index in [0.717, 1.165) is 18.4 Å². The first-order chi connectivity index (χ1) is 10.7. The molecule has 6 heteroatoms. The minimum Gasteiger partial charge on any atom is -0.473 e. The molecule has 0 saturated heterocycles. The highest BCUT2D eigenvalue weighted by Crippen LogP contribution is 2.23. The average molecular weight is 300 g/mol. The van der Waals surface area contributed by atoms with Crippen LogP contribution in [0, 0.1) is 11.2 Å². The van der Waals surface area contributed by atoms with Gasteiger partial charge in [-0.3, -0.25) is 5.41 Å². The normalized spacial score (nSPS) is 14.2. The highest BCUT2D eigenvalue weighted by Gasteiger charge is 2.19. The molecule has 114 valence electrons. The summed E-state index contributed by atoms with van der Waals surface area (Å²) in [6.45, 7) is 0.432. The Hall–Kier alpha value is -2.50. The number of hydrogen-bond donors (Lipinski definition) is 2. The molecule has 1 aliphatic carbocycles. The van der Waals surface area contributed by atoms with E-state index in [2.05, 4.69) is 15.3 Å². The lowest BCUT2D eigenvalue weighted by atomic mass is 9.96. The van der Waals surface area contributed by atoms with E-state index in [1.54, 1.807) is 18.3 Å². The summed E-state index contributed by atoms with van der Waals surface area (Å²) in [6, 6.07) is 6.15. The van der Waals surface area contributed by atoms with Crippen LogP contribution in [0.1, 0.15) is 30.5 Å². The first-order valence-electron chi connectivity index (χ1n) is 7.26. The summed E-state index contributed by atoms with van der Waals surface area (Å²) < 4.78 is 18.4. The minimum atomic E-state index is -0.272. The Morgan fingerprint density at radius 2 is 2.00 bits per heavy atom. The average Bonchev–Trinajstić information content (AvgIpc) is 2.51. The fourth-order valence-corrected chi connectivity index (χ4v) is 2.05. The van der Waals surface area contributed by atoms with Crippen LogP contribution in [-0.2, 0) is 6.54 Å². The van der Waals surface area contributed by atoms with Gasteiger partial charge in [0.25, 0.3) is 0 Å². The maximum Gasteiger partial charge on any atom is 0.232 e. The molecule has 3 rings (SSSR count). The van der Waals surface area contributed by atoms with Crippen LogP contribution < -0.4 is 10.1 Å². The highest BCUT2D eigenvalue weighted by atomic mass is 19.1. The highest BCUT2D eigenvalue weighted by molar-refractivity contribution is 5.94. The molecule has 0 spiro atoms. The zero-order chi connectivity index (χ0) is 15.4. The number of aromatic nitrogens is 2. The summed E-state index contributed by atoms with van der Waals surface area (Å²) in [7, 11) is 0. The number of halogens is 1. The number of hydrogen-bond acceptors (Lipinski definition) is 4. The summed E-state index contributed by atoms with van der Waals surface area (Å²) in [4.78, 5) is 8.35. The Morgan fingerprint density at radius 3 is 2.59 bits per heavy atom. The van der Waals surface area contributed by atoms with Gasteiger partial charge >= 0.3 is 0 Å². The minimum absolute atomic E-state index is 0.173. The van der Waals surface area contributed by atoms with Crippen molar-refractivity contribution in [2.45, 2.75) is 31.9 Å². The standard InChI is InChI=1S/C16H17FN4O/c17-12-6-4-11(5-7-12)8-21-16(18)14-9-20-15(10-19-14)22-13-2-1-3-13/h4-7,9-10,13H,1-3,8H2,(H2,18,21). The van der Waals surface area contributed by atoms with Crippen molar-refractivity contribution in [3.8, 4) is 5.88 Å². The predicted molar refractivity (Wildman–Crippen MR) is 80.4 cm³/mol. The van der Waals surface area contributed by atoms with E-state index >= 15 is 0 Å². The van der Waals surface area contributed by atoms with Gasteiger partial charge in [0.15, 0.2) is 0 Å². The molecule has 0 unspecified atom stereocenters. The molecule has 1 aromatic heterocycles. The van der Waals surface area contributed by atoms with Crippen LogP contribution in [-0.4, -0.2) is 21.9 Å². The molecule has 0 bridgehead atoms. The van der Waals surface area contributed by atoms with Gasteiger partial charge in [-0.2, -0.15) is 0 Å². The van der Waals surface area contributed by atoms with Crippen molar-refractivity contribution in [1.29, 1.82) is 5.41 Å². The van der Waals surface area contributed by atoms with Crippen LogP contribution in [0.5, 0.6) is 5.88 Å². The molecular formula is C16H17FN4O. The number of benzene rings is 1. The number of ether oxygens (including phenoxy) is 1. The molecule has 1 saturated carbocycles. The smallest absolute Gasteiger partial charge is 0.232 e. The van der Waals surface area contributed by atoms with Crippen LogP contribution in [0.4, 0.5) is 4.39 Å². The SMILES string of the molecule is N=C(NCc1ccc(F)cc1)c1cnc(OC2CCC2)cn1. The third kappa shape index (κ3) is 3.58. The second-order valence-corrected chi connectivity index (χ2v) is 5.27. The summed E-state index contributed by atoms with van der Waals surface area (Å²) >= 11 is 0. The van der Waals surface area contributed by atoms with Gasteiger partial charge in [0.05, 0.1) is 12.4 Å². The largest absolute Gasteiger partial charge is 0.473 e. The quantitative estimate of drug-likeness (QED) is 0.658. The number of nitrogens with zero attached hydrogens (tertiary/aromatic N) is 2. The molecule has 1 fully saturated rings. The van der Waals surface area contributed by atoms with Crippen molar-refractivity contribution < 1.29 is 9.13 Å². The van der Waals surface area contributed by atoms with E-state index < -0.39 is 0 Å². The topological polar surface area (TPSA) is 70.9 Å². The zero-order valence-electron chi connectivity index (χ0n) is 12.1. The molecule has 0 atom stereocenters. The second kappa shape index (κ2) is 6.51. The molecule has 5 nitrogen and oxygen atoms in total. The van der Waals surface area contributed by atoms with Crippen molar-refractivity contribution in [2.24, 2.45) is 0 Å². The van der Waals surface area contributed by atoms with Crippen molar-refractivity contribution in [2.75, 3.05) is 0 Å². The van der Waals surface area contributed by atoms with E-state index in [0.29, 0.717) is 18.1 Å². The Labute approximate surface area is 128 Å². The van der Waals surface area contributed by atoms with E-state index in [9.17, 15) is 4.39 Å². The second-order valence-electron chi connectivity index (χ2n) is 5.27. The van der Waals surface area contributed by atoms with Crippen LogP contribution >= 0.6 is 0 Å². The van der Waals surface area contributed by atoms with Gasteiger partial charge < -0.3 is 10.1 Å². The molecule has 0 amide bonds. The van der Waals surface area contributed by atoms with Crippen LogP contribution in [0.25, 0.3) is 0 Å². The van der Waals surface area contributed by atoms with Crippen molar-refractivity contribution in [3.63, 3.8) is 0 Å². The fourth-order valence-electron chi connectivity index (χ4n) is 2.05. The van der Waals surface area contributed by atoms with Crippen molar-refractivity contribution >= 4 is 5.84 Å². The molecule has 2 N–H and O–H groups in total. The third-order valence-corrected chi connectivity index (χ3v) is 3.61. The van der Waals surface area contributed by atoms with Crippen molar-refractivity contribution in [1.82, 2.24) is 15.3 Å². The summed E-state index contributed by atoms with van der Waals surface area (Å²) in [6.07, 6.45) is 6.66. The Bertz CT molecular complexity index is 638. The van der Waals surface area contributed by atoms with Crippen molar-refractivity contribution in [3.05, 3.63) is 53.7 Å². The lowest BCUT2D eigenvalue weighted by Gasteiger charge is -2.25. The Morgan fingerprint density at radius 1 is 1.23 bits per heavy atom. The Kier molecular flexibility index (Phi) is 4.27. The van der Waals surface area contributed by atoms with Gasteiger partial charge in [0.2, 0.25) is 5.88 Å². The fraction of sp³-hybridized carbons (Fsp3) is 0.312. The molecule has 0 aliphatic heterocycles. The van der Waals surface area contributed by atoms with Gasteiger partial charge in [-0.05, 0) is 37.0 Å². The molecule has 2 aromatic rings. The summed E-state index contributed by atoms with van der Waals surface area (Å²) in [5.41, 5.74) is 1.34. The molecule has 1 aliphatic rings. The molecule has 22 heavy (non-hydrogen) atoms. The van der Waals surface area contributed by atoms with E-state index in [1.807, 2.05) is 0 Å². The number of rotatable bonds is 5. The number of nitrogens with one attached hydrogen (secondary N) is 2. The lowest BCUT2D eigenvalue weighted by molar-refractivity contribution is 0.114. The van der Waals surface area contributed by atoms with Gasteiger partial charge in [-0.25, -0.2) is 14.4 Å². The zero-order valence-corrected chi connectivity index (χ0v) is 12.1. The van der Waals surface area contributed by atoms with Gasteiger partial charge in [-0.15, -0.1) is 0 Å². The van der Waals surface area contributed by atoms with Crippen LogP contribution in [0.2, 0.25) is 0 Å². The molecular weight excluding hydrogens is 283 g/mol. The van der Waals surface area contributed by atoms with E-state index in [-0.39, 0.29) is 17.8 Å². The first-order valence-corrected chi connectivity index (χ1v) is 7.26. The summed E-state index contributed by atoms with van der Waals surface area (Å²) in [5.74, 6) is 0.401. The molecule has 0 radical (unpaired) electrons. The lowest BCUT2D eigenvalue weighted by Crippen LogP contribution is -2.26. The van der Waals surface area contributed by atoms with Crippen LogP contribution in [0.3, 0.4) is 0 Å². The molecule has 1 aromatic carbocycles. The third-order valence-electron chi connectivity index (χ3n) is 3.61. The number of amidine groups is 1.